The molecule has 0 amide bonds. The van der Waals surface area contributed by atoms with Gasteiger partial charge in [0.1, 0.15) is 0 Å². The van der Waals surface area contributed by atoms with E-state index in [4.69, 9.17) is 4.74 Å². The molecule has 0 aliphatic carbocycles. The Kier molecular flexibility index (Phi) is 7.64. The summed E-state index contributed by atoms with van der Waals surface area (Å²) in [6.07, 6.45) is 2.18. The van der Waals surface area contributed by atoms with Gasteiger partial charge in [0.2, 0.25) is 0 Å². The molecule has 0 aromatic heterocycles. The molecule has 1 aromatic rings. The second-order valence-electron chi connectivity index (χ2n) is 4.01. The molecule has 0 heterocycles. The van der Waals surface area contributed by atoms with Crippen LogP contribution in [0, 0.1) is 0 Å². The smallest absolute Gasteiger partial charge is 0.191 e. The molecule has 0 aliphatic heterocycles. The van der Waals surface area contributed by atoms with Crippen molar-refractivity contribution in [2.24, 2.45) is 4.99 Å². The summed E-state index contributed by atoms with van der Waals surface area (Å²) in [6.45, 7) is 2.38. The molecular weight excluding hydrogens is 226 g/mol. The Morgan fingerprint density at radius 3 is 2.56 bits per heavy atom. The summed E-state index contributed by atoms with van der Waals surface area (Å²) >= 11 is 0. The van der Waals surface area contributed by atoms with Crippen molar-refractivity contribution in [1.29, 1.82) is 0 Å². The lowest BCUT2D eigenvalue weighted by atomic mass is 10.1. The number of ether oxygens (including phenoxy) is 1. The van der Waals surface area contributed by atoms with Crippen molar-refractivity contribution >= 4 is 5.96 Å². The number of hydrogen-bond donors (Lipinski definition) is 2. The monoisotopic (exact) mass is 249 g/mol. The highest BCUT2D eigenvalue weighted by Gasteiger charge is 1.96. The van der Waals surface area contributed by atoms with E-state index in [9.17, 15) is 0 Å². The van der Waals surface area contributed by atoms with Gasteiger partial charge < -0.3 is 15.4 Å². The third-order valence-electron chi connectivity index (χ3n) is 2.60. The predicted octanol–water partition coefficient (Wildman–Crippen LogP) is 1.43. The lowest BCUT2D eigenvalue weighted by molar-refractivity contribution is 0.203. The number of nitrogens with one attached hydrogen (secondary N) is 2. The second-order valence-corrected chi connectivity index (χ2v) is 4.01. The van der Waals surface area contributed by atoms with Gasteiger partial charge in [-0.25, -0.2) is 0 Å². The van der Waals surface area contributed by atoms with Crippen LogP contribution in [0.25, 0.3) is 0 Å². The van der Waals surface area contributed by atoms with Gasteiger partial charge in [-0.1, -0.05) is 30.3 Å². The quantitative estimate of drug-likeness (QED) is 0.436. The Morgan fingerprint density at radius 1 is 1.17 bits per heavy atom. The average Bonchev–Trinajstić information content (AvgIpc) is 2.43. The van der Waals surface area contributed by atoms with Crippen molar-refractivity contribution < 1.29 is 4.74 Å². The normalized spacial score (nSPS) is 11.3. The van der Waals surface area contributed by atoms with Gasteiger partial charge in [0.15, 0.2) is 5.96 Å². The second kappa shape index (κ2) is 9.48. The molecule has 2 N–H and O–H groups in total. The molecule has 0 saturated carbocycles. The minimum atomic E-state index is 0.685. The summed E-state index contributed by atoms with van der Waals surface area (Å²) in [5, 5.41) is 6.46. The van der Waals surface area contributed by atoms with E-state index in [-0.39, 0.29) is 0 Å². The Bertz CT molecular complexity index is 338. The molecule has 4 nitrogen and oxygen atoms in total. The van der Waals surface area contributed by atoms with Crippen LogP contribution in [0.2, 0.25) is 0 Å². The van der Waals surface area contributed by atoms with E-state index in [1.165, 1.54) is 5.56 Å². The molecule has 100 valence electrons. The minimum Gasteiger partial charge on any atom is -0.383 e. The van der Waals surface area contributed by atoms with Crippen LogP contribution in [0.4, 0.5) is 0 Å². The third-order valence-corrected chi connectivity index (χ3v) is 2.60. The van der Waals surface area contributed by atoms with Crippen molar-refractivity contribution in [2.45, 2.75) is 12.8 Å². The fourth-order valence-electron chi connectivity index (χ4n) is 1.64. The zero-order valence-corrected chi connectivity index (χ0v) is 11.3. The van der Waals surface area contributed by atoms with Gasteiger partial charge in [-0.05, 0) is 18.4 Å². The van der Waals surface area contributed by atoms with Gasteiger partial charge in [-0.2, -0.15) is 0 Å². The number of aryl methyl sites for hydroxylation is 1. The third kappa shape index (κ3) is 6.25. The molecule has 0 spiro atoms. The maximum Gasteiger partial charge on any atom is 0.191 e. The number of rotatable bonds is 7. The highest BCUT2D eigenvalue weighted by Crippen LogP contribution is 2.01. The molecule has 0 bridgehead atoms. The molecular formula is C14H23N3O. The van der Waals surface area contributed by atoms with E-state index in [2.05, 4.69) is 39.9 Å². The van der Waals surface area contributed by atoms with Gasteiger partial charge in [-0.3, -0.25) is 4.99 Å². The van der Waals surface area contributed by atoms with Crippen molar-refractivity contribution in [1.82, 2.24) is 10.6 Å². The number of nitrogens with zero attached hydrogens (tertiary/aromatic N) is 1. The summed E-state index contributed by atoms with van der Waals surface area (Å²) in [4.78, 5) is 4.14. The van der Waals surface area contributed by atoms with Crippen LogP contribution in [0.5, 0.6) is 0 Å². The first-order valence-electron chi connectivity index (χ1n) is 6.34. The van der Waals surface area contributed by atoms with Crippen molar-refractivity contribution in [3.05, 3.63) is 35.9 Å². The average molecular weight is 249 g/mol. The number of guanidine groups is 1. The minimum absolute atomic E-state index is 0.685. The van der Waals surface area contributed by atoms with Gasteiger partial charge in [0, 0.05) is 27.2 Å². The summed E-state index contributed by atoms with van der Waals surface area (Å²) in [7, 11) is 3.47. The van der Waals surface area contributed by atoms with Gasteiger partial charge in [0.05, 0.1) is 6.61 Å². The molecule has 1 aromatic carbocycles. The standard InChI is InChI=1S/C14H23N3O/c1-15-14(17-11-12-18-2)16-10-6-9-13-7-4-3-5-8-13/h3-5,7-8H,6,9-12H2,1-2H3,(H2,15,16,17). The number of benzene rings is 1. The topological polar surface area (TPSA) is 45.7 Å². The largest absolute Gasteiger partial charge is 0.383 e. The molecule has 0 fully saturated rings. The summed E-state index contributed by atoms with van der Waals surface area (Å²) in [5.74, 6) is 0.833. The van der Waals surface area contributed by atoms with Crippen molar-refractivity contribution in [3.63, 3.8) is 0 Å². The van der Waals surface area contributed by atoms with Crippen LogP contribution in [0.3, 0.4) is 0 Å². The lowest BCUT2D eigenvalue weighted by Crippen LogP contribution is -2.39. The van der Waals surface area contributed by atoms with Crippen LogP contribution in [0.1, 0.15) is 12.0 Å². The van der Waals surface area contributed by atoms with E-state index < -0.39 is 0 Å². The number of hydrogen-bond acceptors (Lipinski definition) is 2. The predicted molar refractivity (Wildman–Crippen MR) is 76.0 cm³/mol. The molecule has 0 radical (unpaired) electrons. The van der Waals surface area contributed by atoms with Crippen LogP contribution < -0.4 is 10.6 Å². The van der Waals surface area contributed by atoms with E-state index >= 15 is 0 Å². The lowest BCUT2D eigenvalue weighted by Gasteiger charge is -2.11. The maximum absolute atomic E-state index is 4.97. The van der Waals surface area contributed by atoms with Gasteiger partial charge >= 0.3 is 0 Å². The summed E-state index contributed by atoms with van der Waals surface area (Å²) < 4.78 is 4.97. The molecule has 0 saturated heterocycles. The maximum atomic E-state index is 4.97. The van der Waals surface area contributed by atoms with Gasteiger partial charge in [0.25, 0.3) is 0 Å². The van der Waals surface area contributed by atoms with E-state index in [0.29, 0.717) is 6.61 Å². The first-order chi connectivity index (χ1) is 8.86. The van der Waals surface area contributed by atoms with Crippen molar-refractivity contribution in [2.75, 3.05) is 33.9 Å². The Labute approximate surface area is 109 Å². The van der Waals surface area contributed by atoms with Crippen LogP contribution in [0.15, 0.2) is 35.3 Å². The Balaban J connectivity index is 2.12. The van der Waals surface area contributed by atoms with Crippen LogP contribution in [-0.4, -0.2) is 39.8 Å². The van der Waals surface area contributed by atoms with Crippen LogP contribution >= 0.6 is 0 Å². The highest BCUT2D eigenvalue weighted by molar-refractivity contribution is 5.79. The van der Waals surface area contributed by atoms with E-state index in [1.807, 2.05) is 6.07 Å². The fraction of sp³-hybridized carbons (Fsp3) is 0.500. The number of methoxy groups -OCH3 is 1. The molecule has 1 rings (SSSR count). The molecule has 0 aliphatic rings. The highest BCUT2D eigenvalue weighted by atomic mass is 16.5. The molecule has 18 heavy (non-hydrogen) atoms. The summed E-state index contributed by atoms with van der Waals surface area (Å²) in [6, 6.07) is 10.5. The fourth-order valence-corrected chi connectivity index (χ4v) is 1.64. The first kappa shape index (κ1) is 14.5. The SMILES string of the molecule is CN=C(NCCCc1ccccc1)NCCOC. The first-order valence-corrected chi connectivity index (χ1v) is 6.34. The molecule has 4 heteroatoms. The van der Waals surface area contributed by atoms with Crippen LogP contribution in [-0.2, 0) is 11.2 Å². The molecule has 0 atom stereocenters. The zero-order valence-electron chi connectivity index (χ0n) is 11.3. The van der Waals surface area contributed by atoms with E-state index in [0.717, 1.165) is 31.9 Å². The zero-order chi connectivity index (χ0) is 13.1. The van der Waals surface area contributed by atoms with Crippen molar-refractivity contribution in [3.8, 4) is 0 Å². The molecule has 0 unspecified atom stereocenters. The summed E-state index contributed by atoms with van der Waals surface area (Å²) in [5.41, 5.74) is 1.38. The van der Waals surface area contributed by atoms with Gasteiger partial charge in [-0.15, -0.1) is 0 Å². The Hall–Kier alpha value is -1.55. The van der Waals surface area contributed by atoms with E-state index in [1.54, 1.807) is 14.2 Å². The number of aliphatic imine (C=N–C) groups is 1. The Morgan fingerprint density at radius 2 is 1.89 bits per heavy atom.